The molecule has 2 rings (SSSR count). The standard InChI is InChI=1S/C14H20N4O/c1-5-19-12-7-9(2)11(6-10(12)3)14-16-13(8-15)18(4)17-14/h6-7H,5,8,15H2,1-4H3. The maximum Gasteiger partial charge on any atom is 0.181 e. The fourth-order valence-corrected chi connectivity index (χ4v) is 2.05. The van der Waals surface area contributed by atoms with Crippen molar-refractivity contribution in [3.05, 3.63) is 29.1 Å². The summed E-state index contributed by atoms with van der Waals surface area (Å²) in [5, 5.41) is 4.41. The van der Waals surface area contributed by atoms with Crippen LogP contribution in [0, 0.1) is 13.8 Å². The van der Waals surface area contributed by atoms with Gasteiger partial charge in [0.05, 0.1) is 13.2 Å². The number of benzene rings is 1. The fourth-order valence-electron chi connectivity index (χ4n) is 2.05. The maximum absolute atomic E-state index is 5.63. The molecule has 0 saturated heterocycles. The van der Waals surface area contributed by atoms with Gasteiger partial charge in [-0.3, -0.25) is 4.68 Å². The van der Waals surface area contributed by atoms with E-state index in [4.69, 9.17) is 10.5 Å². The van der Waals surface area contributed by atoms with E-state index in [0.29, 0.717) is 19.0 Å². The Hall–Kier alpha value is -1.88. The Morgan fingerprint density at radius 3 is 2.58 bits per heavy atom. The first-order chi connectivity index (χ1) is 9.06. The van der Waals surface area contributed by atoms with Gasteiger partial charge in [0.2, 0.25) is 0 Å². The Kier molecular flexibility index (Phi) is 3.85. The average molecular weight is 260 g/mol. The summed E-state index contributed by atoms with van der Waals surface area (Å²) < 4.78 is 7.32. The van der Waals surface area contributed by atoms with Gasteiger partial charge in [0.25, 0.3) is 0 Å². The number of aryl methyl sites for hydroxylation is 3. The van der Waals surface area contributed by atoms with Gasteiger partial charge in [-0.25, -0.2) is 4.98 Å². The van der Waals surface area contributed by atoms with Crippen LogP contribution in [-0.4, -0.2) is 21.4 Å². The van der Waals surface area contributed by atoms with E-state index in [1.807, 2.05) is 33.9 Å². The Labute approximate surface area is 113 Å². The molecule has 0 amide bonds. The van der Waals surface area contributed by atoms with E-state index in [9.17, 15) is 0 Å². The van der Waals surface area contributed by atoms with Crippen LogP contribution in [0.5, 0.6) is 5.75 Å². The molecule has 2 N–H and O–H groups in total. The molecule has 0 atom stereocenters. The molecule has 0 bridgehead atoms. The second-order valence-corrected chi connectivity index (χ2v) is 4.55. The van der Waals surface area contributed by atoms with Crippen LogP contribution < -0.4 is 10.5 Å². The van der Waals surface area contributed by atoms with Crippen molar-refractivity contribution < 1.29 is 4.74 Å². The summed E-state index contributed by atoms with van der Waals surface area (Å²) in [6, 6.07) is 4.10. The van der Waals surface area contributed by atoms with E-state index in [0.717, 1.165) is 28.3 Å². The van der Waals surface area contributed by atoms with E-state index in [-0.39, 0.29) is 0 Å². The third kappa shape index (κ3) is 2.61. The van der Waals surface area contributed by atoms with Crippen LogP contribution >= 0.6 is 0 Å². The molecule has 102 valence electrons. The van der Waals surface area contributed by atoms with Crippen molar-refractivity contribution in [1.82, 2.24) is 14.8 Å². The van der Waals surface area contributed by atoms with Gasteiger partial charge < -0.3 is 10.5 Å². The van der Waals surface area contributed by atoms with Gasteiger partial charge in [-0.1, -0.05) is 0 Å². The molecule has 2 aromatic rings. The number of hydrogen-bond donors (Lipinski definition) is 1. The maximum atomic E-state index is 5.63. The summed E-state index contributed by atoms with van der Waals surface area (Å²) in [7, 11) is 1.86. The molecule has 0 aliphatic rings. The van der Waals surface area contributed by atoms with E-state index in [2.05, 4.69) is 16.1 Å². The first kappa shape index (κ1) is 13.5. The molecule has 0 radical (unpaired) electrons. The Bertz CT molecular complexity index is 589. The summed E-state index contributed by atoms with van der Waals surface area (Å²) in [6.07, 6.45) is 0. The van der Waals surface area contributed by atoms with Crippen LogP contribution in [0.3, 0.4) is 0 Å². The molecule has 0 saturated carbocycles. The second-order valence-electron chi connectivity index (χ2n) is 4.55. The van der Waals surface area contributed by atoms with Gasteiger partial charge in [-0.2, -0.15) is 5.10 Å². The molecule has 5 nitrogen and oxygen atoms in total. The van der Waals surface area contributed by atoms with Gasteiger partial charge in [-0.05, 0) is 44.0 Å². The molecule has 1 heterocycles. The Morgan fingerprint density at radius 1 is 1.26 bits per heavy atom. The molecular weight excluding hydrogens is 240 g/mol. The minimum atomic E-state index is 0.387. The molecule has 0 aliphatic heterocycles. The lowest BCUT2D eigenvalue weighted by Crippen LogP contribution is -2.05. The summed E-state index contributed by atoms with van der Waals surface area (Å²) in [6.45, 7) is 7.10. The third-order valence-electron chi connectivity index (χ3n) is 3.10. The predicted molar refractivity (Wildman–Crippen MR) is 75.0 cm³/mol. The lowest BCUT2D eigenvalue weighted by molar-refractivity contribution is 0.337. The number of rotatable bonds is 4. The second kappa shape index (κ2) is 5.40. The van der Waals surface area contributed by atoms with E-state index in [1.54, 1.807) is 4.68 Å². The summed E-state index contributed by atoms with van der Waals surface area (Å²) in [5.41, 5.74) is 8.84. The van der Waals surface area contributed by atoms with Gasteiger partial charge in [0.15, 0.2) is 5.82 Å². The molecule has 0 spiro atoms. The van der Waals surface area contributed by atoms with E-state index < -0.39 is 0 Å². The van der Waals surface area contributed by atoms with Crippen molar-refractivity contribution in [1.29, 1.82) is 0 Å². The van der Waals surface area contributed by atoms with Crippen LogP contribution in [0.4, 0.5) is 0 Å². The first-order valence-electron chi connectivity index (χ1n) is 6.41. The van der Waals surface area contributed by atoms with Gasteiger partial charge in [0.1, 0.15) is 11.6 Å². The predicted octanol–water partition coefficient (Wildman–Crippen LogP) is 1.96. The van der Waals surface area contributed by atoms with Crippen LogP contribution in [-0.2, 0) is 13.6 Å². The minimum absolute atomic E-state index is 0.387. The lowest BCUT2D eigenvalue weighted by Gasteiger charge is -2.10. The van der Waals surface area contributed by atoms with Crippen molar-refractivity contribution in [2.24, 2.45) is 12.8 Å². The molecule has 0 fully saturated rings. The zero-order chi connectivity index (χ0) is 14.0. The van der Waals surface area contributed by atoms with Crippen molar-refractivity contribution in [2.45, 2.75) is 27.3 Å². The highest BCUT2D eigenvalue weighted by Gasteiger charge is 2.13. The number of aromatic nitrogens is 3. The van der Waals surface area contributed by atoms with Crippen LogP contribution in [0.25, 0.3) is 11.4 Å². The molecule has 19 heavy (non-hydrogen) atoms. The van der Waals surface area contributed by atoms with Crippen molar-refractivity contribution in [2.75, 3.05) is 6.61 Å². The summed E-state index contributed by atoms with van der Waals surface area (Å²) in [5.74, 6) is 2.41. The highest BCUT2D eigenvalue weighted by Crippen LogP contribution is 2.28. The Morgan fingerprint density at radius 2 is 2.00 bits per heavy atom. The molecule has 0 unspecified atom stereocenters. The van der Waals surface area contributed by atoms with Crippen LogP contribution in [0.15, 0.2) is 12.1 Å². The first-order valence-corrected chi connectivity index (χ1v) is 6.41. The zero-order valence-corrected chi connectivity index (χ0v) is 11.9. The van der Waals surface area contributed by atoms with Gasteiger partial charge in [-0.15, -0.1) is 0 Å². The zero-order valence-electron chi connectivity index (χ0n) is 11.9. The topological polar surface area (TPSA) is 66.0 Å². The molecular formula is C14H20N4O. The number of hydrogen-bond acceptors (Lipinski definition) is 4. The SMILES string of the molecule is CCOc1cc(C)c(-c2nc(CN)n(C)n2)cc1C. The average Bonchev–Trinajstić information content (AvgIpc) is 2.75. The molecule has 5 heteroatoms. The van der Waals surface area contributed by atoms with Crippen molar-refractivity contribution in [3.8, 4) is 17.1 Å². The molecule has 1 aromatic carbocycles. The number of nitrogens with zero attached hydrogens (tertiary/aromatic N) is 3. The minimum Gasteiger partial charge on any atom is -0.494 e. The van der Waals surface area contributed by atoms with E-state index in [1.165, 1.54) is 0 Å². The van der Waals surface area contributed by atoms with Crippen molar-refractivity contribution >= 4 is 0 Å². The van der Waals surface area contributed by atoms with Crippen LogP contribution in [0.2, 0.25) is 0 Å². The van der Waals surface area contributed by atoms with E-state index >= 15 is 0 Å². The smallest absolute Gasteiger partial charge is 0.181 e. The largest absolute Gasteiger partial charge is 0.494 e. The highest BCUT2D eigenvalue weighted by atomic mass is 16.5. The molecule has 1 aromatic heterocycles. The van der Waals surface area contributed by atoms with Gasteiger partial charge in [0, 0.05) is 12.6 Å². The Balaban J connectivity index is 2.47. The highest BCUT2D eigenvalue weighted by molar-refractivity contribution is 5.63. The van der Waals surface area contributed by atoms with Crippen LogP contribution in [0.1, 0.15) is 23.9 Å². The summed E-state index contributed by atoms with van der Waals surface area (Å²) in [4.78, 5) is 4.46. The lowest BCUT2D eigenvalue weighted by atomic mass is 10.0. The monoisotopic (exact) mass is 260 g/mol. The quantitative estimate of drug-likeness (QED) is 0.912. The normalized spacial score (nSPS) is 10.8. The van der Waals surface area contributed by atoms with Gasteiger partial charge >= 0.3 is 0 Å². The summed E-state index contributed by atoms with van der Waals surface area (Å²) >= 11 is 0. The third-order valence-corrected chi connectivity index (χ3v) is 3.10. The van der Waals surface area contributed by atoms with Crippen molar-refractivity contribution in [3.63, 3.8) is 0 Å². The molecule has 0 aliphatic carbocycles. The number of nitrogens with two attached hydrogens (primary N) is 1. The fraction of sp³-hybridized carbons (Fsp3) is 0.429. The number of ether oxygens (including phenoxy) is 1.